The second-order valence-electron chi connectivity index (χ2n) is 1.78. The quantitative estimate of drug-likeness (QED) is 0.518. The molecule has 0 aliphatic heterocycles. The van der Waals surface area contributed by atoms with Crippen molar-refractivity contribution in [1.82, 2.24) is 4.98 Å². The molecule has 1 aromatic carbocycles. The zero-order chi connectivity index (χ0) is 11.1. The molecule has 0 spiro atoms. The van der Waals surface area contributed by atoms with Gasteiger partial charge in [0.25, 0.3) is 0 Å². The maximum Gasteiger partial charge on any atom is 4.00 e. The maximum atomic E-state index is 3.25. The van der Waals surface area contributed by atoms with Crippen LogP contribution in [0, 0.1) is 20.0 Å². The summed E-state index contributed by atoms with van der Waals surface area (Å²) in [5.41, 5.74) is 0. The Morgan fingerprint density at radius 2 is 1.50 bits per heavy atom. The molecular formula is C13H19NRu2. The van der Waals surface area contributed by atoms with Gasteiger partial charge in [0.05, 0.1) is 0 Å². The minimum atomic E-state index is 0. The number of rotatable bonds is 0. The van der Waals surface area contributed by atoms with Gasteiger partial charge < -0.3 is 18.8 Å². The molecule has 0 aliphatic carbocycles. The van der Waals surface area contributed by atoms with Crippen LogP contribution in [0.2, 0.25) is 0 Å². The zero-order valence-electron chi connectivity index (χ0n) is 9.74. The van der Waals surface area contributed by atoms with Crippen molar-refractivity contribution in [2.24, 2.45) is 0 Å². The fraction of sp³-hybridized carbons (Fsp3) is 0.154. The first-order valence-corrected chi connectivity index (χ1v) is 4.57. The summed E-state index contributed by atoms with van der Waals surface area (Å²) in [5, 5.41) is 0. The summed E-state index contributed by atoms with van der Waals surface area (Å²) in [7, 11) is 0. The number of H-pyrrole nitrogens is 1. The first-order chi connectivity index (χ1) is 7.00. The monoisotopic (exact) mass is 393 g/mol. The van der Waals surface area contributed by atoms with Crippen molar-refractivity contribution in [2.75, 3.05) is 0 Å². The maximum absolute atomic E-state index is 3.25. The Kier molecular flexibility index (Phi) is 45.7. The van der Waals surface area contributed by atoms with Gasteiger partial charge in [0.15, 0.2) is 0 Å². The average molecular weight is 391 g/mol. The van der Waals surface area contributed by atoms with Crippen LogP contribution in [0.4, 0.5) is 0 Å². The molecule has 0 saturated carbocycles. The van der Waals surface area contributed by atoms with Crippen molar-refractivity contribution in [2.45, 2.75) is 13.8 Å². The van der Waals surface area contributed by atoms with Crippen LogP contribution in [0.25, 0.3) is 0 Å². The van der Waals surface area contributed by atoms with Gasteiger partial charge in [-0.25, -0.2) is 12.1 Å². The number of aromatic amines is 1. The molecule has 0 unspecified atom stereocenters. The van der Waals surface area contributed by atoms with Crippen molar-refractivity contribution in [3.05, 3.63) is 68.7 Å². The predicted octanol–water partition coefficient (Wildman–Crippen LogP) is 3.90. The fourth-order valence-electron chi connectivity index (χ4n) is 0.561. The number of nitrogens with one attached hydrogen (secondary N) is 1. The normalized spacial score (nSPS) is 5.75. The number of aromatic nitrogens is 1. The third-order valence-electron chi connectivity index (χ3n) is 0.998. The fourth-order valence-corrected chi connectivity index (χ4v) is 0.561. The van der Waals surface area contributed by atoms with Gasteiger partial charge in [-0.1, -0.05) is 0 Å². The molecule has 0 atom stereocenters. The Bertz CT molecular complexity index is 153. The van der Waals surface area contributed by atoms with Crippen molar-refractivity contribution in [3.63, 3.8) is 0 Å². The summed E-state index contributed by atoms with van der Waals surface area (Å²) in [5.74, 6) is 0. The minimum absolute atomic E-state index is 0. The first kappa shape index (κ1) is 24.9. The van der Waals surface area contributed by atoms with E-state index in [9.17, 15) is 0 Å². The Hall–Kier alpha value is -0.123. The van der Waals surface area contributed by atoms with E-state index in [0.29, 0.717) is 0 Å². The molecule has 0 fully saturated rings. The van der Waals surface area contributed by atoms with Crippen molar-refractivity contribution in [1.29, 1.82) is 0 Å². The van der Waals surface area contributed by atoms with Gasteiger partial charge in [-0.3, -0.25) is 0 Å². The molecule has 1 N–H and O–H groups in total. The first-order valence-electron chi connectivity index (χ1n) is 4.57. The Morgan fingerprint density at radius 3 is 1.62 bits per heavy atom. The summed E-state index contributed by atoms with van der Waals surface area (Å²) in [4.78, 5) is 2.74. The van der Waals surface area contributed by atoms with E-state index in [-0.39, 0.29) is 39.0 Å². The van der Waals surface area contributed by atoms with E-state index in [1.54, 1.807) is 13.8 Å². The predicted molar refractivity (Wildman–Crippen MR) is 63.7 cm³/mol. The third kappa shape index (κ3) is 23.6. The molecular weight excluding hydrogens is 372 g/mol. The number of hydrogen-bond acceptors (Lipinski definition) is 0. The van der Waals surface area contributed by atoms with Crippen LogP contribution in [-0.4, -0.2) is 4.98 Å². The van der Waals surface area contributed by atoms with Gasteiger partial charge in [0, 0.05) is 19.5 Å². The van der Waals surface area contributed by atoms with Gasteiger partial charge in [0.2, 0.25) is 0 Å². The molecule has 1 heterocycles. The van der Waals surface area contributed by atoms with Gasteiger partial charge in [-0.05, 0) is 0 Å². The van der Waals surface area contributed by atoms with E-state index in [2.05, 4.69) is 25.0 Å². The Morgan fingerprint density at radius 1 is 1.00 bits per heavy atom. The van der Waals surface area contributed by atoms with Crippen LogP contribution in [0.5, 0.6) is 0 Å². The third-order valence-corrected chi connectivity index (χ3v) is 0.998. The average Bonchev–Trinajstić information content (AvgIpc) is 3.01. The molecule has 2 aromatic rings. The van der Waals surface area contributed by atoms with E-state index >= 15 is 0 Å². The van der Waals surface area contributed by atoms with Gasteiger partial charge in [-0.2, -0.15) is 50.4 Å². The van der Waals surface area contributed by atoms with E-state index < -0.39 is 0 Å². The second-order valence-corrected chi connectivity index (χ2v) is 1.78. The molecule has 16 heavy (non-hydrogen) atoms. The van der Waals surface area contributed by atoms with E-state index in [4.69, 9.17) is 0 Å². The van der Waals surface area contributed by atoms with Crippen molar-refractivity contribution in [3.8, 4) is 0 Å². The van der Waals surface area contributed by atoms with Gasteiger partial charge in [0.1, 0.15) is 0 Å². The molecule has 3 heteroatoms. The zero-order valence-corrected chi connectivity index (χ0v) is 13.2. The van der Waals surface area contributed by atoms with Crippen LogP contribution in [0.3, 0.4) is 0 Å². The van der Waals surface area contributed by atoms with E-state index in [0.717, 1.165) is 0 Å². The summed E-state index contributed by atoms with van der Waals surface area (Å²) >= 11 is 0. The van der Waals surface area contributed by atoms with Crippen LogP contribution < -0.4 is 0 Å². The minimum Gasteiger partial charge on any atom is -0.484 e. The second kappa shape index (κ2) is 29.4. The van der Waals surface area contributed by atoms with Crippen LogP contribution in [-0.2, 0) is 39.0 Å². The molecule has 0 radical (unpaired) electrons. The van der Waals surface area contributed by atoms with E-state index in [1.165, 1.54) is 0 Å². The smallest absolute Gasteiger partial charge is 0.484 e. The standard InChI is InChI=1S/C5H5.C4H4N.2C2H5.2Ru/c2*1-2-4-5-3-1;2*1-2;;/h1-5H;1-3,5H;2*1H2,2H3;;/q4*-1;;+4. The van der Waals surface area contributed by atoms with Crippen molar-refractivity contribution < 1.29 is 39.0 Å². The summed E-state index contributed by atoms with van der Waals surface area (Å²) in [6.45, 7) is 10.0. The van der Waals surface area contributed by atoms with Gasteiger partial charge in [-0.15, -0.1) is 6.20 Å². The molecule has 1 aromatic heterocycles. The van der Waals surface area contributed by atoms with Crippen LogP contribution in [0.1, 0.15) is 13.8 Å². The Balaban J connectivity index is -0.0000000631. The molecule has 0 saturated heterocycles. The summed E-state index contributed by atoms with van der Waals surface area (Å²) in [6.07, 6.45) is 4.56. The number of hydrogen-bond donors (Lipinski definition) is 1. The molecule has 92 valence electrons. The summed E-state index contributed by atoms with van der Waals surface area (Å²) in [6, 6.07) is 13.7. The molecule has 1 nitrogen and oxygen atoms in total. The molecule has 0 bridgehead atoms. The molecule has 0 amide bonds. The summed E-state index contributed by atoms with van der Waals surface area (Å²) < 4.78 is 0. The Labute approximate surface area is 126 Å². The largest absolute Gasteiger partial charge is 4.00 e. The van der Waals surface area contributed by atoms with Crippen LogP contribution in [0.15, 0.2) is 48.7 Å². The van der Waals surface area contributed by atoms with E-state index in [1.807, 2.05) is 48.7 Å². The van der Waals surface area contributed by atoms with Gasteiger partial charge >= 0.3 is 19.5 Å². The molecule has 0 aliphatic rings. The molecule has 2 rings (SSSR count). The van der Waals surface area contributed by atoms with Crippen molar-refractivity contribution >= 4 is 0 Å². The topological polar surface area (TPSA) is 15.8 Å². The SMILES string of the molecule is [CH2-]C.[CH2-]C.[Ru+4].[Ru].[c-]1ccc[nH]1.c1cc[cH-]c1. The van der Waals surface area contributed by atoms with Crippen LogP contribution >= 0.6 is 0 Å².